The number of benzene rings is 1. The fourth-order valence-corrected chi connectivity index (χ4v) is 1.67. The zero-order valence-corrected chi connectivity index (χ0v) is 8.86. The summed E-state index contributed by atoms with van der Waals surface area (Å²) >= 11 is 0. The molecule has 1 heterocycles. The molecule has 0 saturated carbocycles. The topological polar surface area (TPSA) is 31.2 Å². The summed E-state index contributed by atoms with van der Waals surface area (Å²) in [7, 11) is 1.90. The molecule has 0 saturated heterocycles. The standard InChI is InChI=1S/C12H13NO2/c1-3-15-12-8-11(14)9-6-4-5-7-10(9)13(12)2/h4-8H,3H2,1-2H3. The lowest BCUT2D eigenvalue weighted by Crippen LogP contribution is -2.10. The third kappa shape index (κ3) is 1.61. The van der Waals surface area contributed by atoms with E-state index in [4.69, 9.17) is 4.74 Å². The largest absolute Gasteiger partial charge is 0.479 e. The Balaban J connectivity index is 2.79. The average Bonchev–Trinajstić information content (AvgIpc) is 2.26. The third-order valence-electron chi connectivity index (χ3n) is 2.41. The van der Waals surface area contributed by atoms with Crippen molar-refractivity contribution in [1.82, 2.24) is 4.57 Å². The molecule has 0 atom stereocenters. The minimum absolute atomic E-state index is 0.00662. The summed E-state index contributed by atoms with van der Waals surface area (Å²) in [6.45, 7) is 2.46. The van der Waals surface area contributed by atoms with E-state index in [1.54, 1.807) is 0 Å². The quantitative estimate of drug-likeness (QED) is 0.746. The highest BCUT2D eigenvalue weighted by molar-refractivity contribution is 5.79. The molecule has 0 radical (unpaired) electrons. The van der Waals surface area contributed by atoms with Gasteiger partial charge in [0.05, 0.1) is 12.1 Å². The molecule has 0 aliphatic rings. The van der Waals surface area contributed by atoms with E-state index >= 15 is 0 Å². The molecule has 0 amide bonds. The van der Waals surface area contributed by atoms with Crippen LogP contribution in [0, 0.1) is 0 Å². The number of aromatic nitrogens is 1. The molecule has 0 fully saturated rings. The van der Waals surface area contributed by atoms with Crippen LogP contribution < -0.4 is 10.2 Å². The van der Waals surface area contributed by atoms with E-state index in [0.29, 0.717) is 12.5 Å². The lowest BCUT2D eigenvalue weighted by Gasteiger charge is -2.11. The lowest BCUT2D eigenvalue weighted by molar-refractivity contribution is 0.315. The average molecular weight is 203 g/mol. The Hall–Kier alpha value is -1.77. The summed E-state index contributed by atoms with van der Waals surface area (Å²) in [6, 6.07) is 9.06. The maximum absolute atomic E-state index is 11.7. The van der Waals surface area contributed by atoms with Gasteiger partial charge in [0, 0.05) is 18.5 Å². The summed E-state index contributed by atoms with van der Waals surface area (Å²) in [6.07, 6.45) is 0. The number of fused-ring (bicyclic) bond motifs is 1. The number of hydrogen-bond acceptors (Lipinski definition) is 2. The molecule has 3 nitrogen and oxygen atoms in total. The third-order valence-corrected chi connectivity index (χ3v) is 2.41. The van der Waals surface area contributed by atoms with E-state index in [0.717, 1.165) is 10.9 Å². The Bertz CT molecular complexity index is 543. The Morgan fingerprint density at radius 3 is 2.80 bits per heavy atom. The van der Waals surface area contributed by atoms with Gasteiger partial charge in [-0.15, -0.1) is 0 Å². The number of para-hydroxylation sites is 1. The molecule has 0 aliphatic heterocycles. The van der Waals surface area contributed by atoms with Gasteiger partial charge in [-0.25, -0.2) is 0 Å². The van der Waals surface area contributed by atoms with Crippen LogP contribution >= 0.6 is 0 Å². The molecule has 78 valence electrons. The van der Waals surface area contributed by atoms with Crippen LogP contribution in [-0.4, -0.2) is 11.2 Å². The van der Waals surface area contributed by atoms with Gasteiger partial charge in [0.2, 0.25) is 0 Å². The number of ether oxygens (including phenoxy) is 1. The highest BCUT2D eigenvalue weighted by Gasteiger charge is 2.05. The molecular weight excluding hydrogens is 190 g/mol. The second-order valence-corrected chi connectivity index (χ2v) is 3.36. The van der Waals surface area contributed by atoms with Crippen LogP contribution in [0.1, 0.15) is 6.92 Å². The Kier molecular flexibility index (Phi) is 2.46. The first-order valence-electron chi connectivity index (χ1n) is 4.95. The van der Waals surface area contributed by atoms with Crippen molar-refractivity contribution < 1.29 is 4.74 Å². The van der Waals surface area contributed by atoms with Crippen LogP contribution in [0.25, 0.3) is 10.9 Å². The van der Waals surface area contributed by atoms with Crippen LogP contribution in [0.5, 0.6) is 5.88 Å². The van der Waals surface area contributed by atoms with Gasteiger partial charge in [0.1, 0.15) is 0 Å². The van der Waals surface area contributed by atoms with Gasteiger partial charge in [-0.1, -0.05) is 12.1 Å². The summed E-state index contributed by atoms with van der Waals surface area (Å²) in [4.78, 5) is 11.7. The van der Waals surface area contributed by atoms with Gasteiger partial charge >= 0.3 is 0 Å². The Morgan fingerprint density at radius 1 is 1.33 bits per heavy atom. The van der Waals surface area contributed by atoms with E-state index in [-0.39, 0.29) is 5.43 Å². The number of hydrogen-bond donors (Lipinski definition) is 0. The SMILES string of the molecule is CCOc1cc(=O)c2ccccc2n1C. The summed E-state index contributed by atoms with van der Waals surface area (Å²) < 4.78 is 7.28. The van der Waals surface area contributed by atoms with Crippen molar-refractivity contribution in [3.8, 4) is 5.88 Å². The fourth-order valence-electron chi connectivity index (χ4n) is 1.67. The van der Waals surface area contributed by atoms with Gasteiger partial charge < -0.3 is 9.30 Å². The molecule has 1 aromatic carbocycles. The van der Waals surface area contributed by atoms with Crippen molar-refractivity contribution in [2.45, 2.75) is 6.92 Å². The molecule has 0 bridgehead atoms. The second kappa shape index (κ2) is 3.77. The number of rotatable bonds is 2. The van der Waals surface area contributed by atoms with Gasteiger partial charge in [0.25, 0.3) is 0 Å². The summed E-state index contributed by atoms with van der Waals surface area (Å²) in [5, 5.41) is 0.725. The molecule has 0 N–H and O–H groups in total. The summed E-state index contributed by atoms with van der Waals surface area (Å²) in [5.41, 5.74) is 0.903. The van der Waals surface area contributed by atoms with E-state index < -0.39 is 0 Å². The summed E-state index contributed by atoms with van der Waals surface area (Å²) in [5.74, 6) is 0.612. The van der Waals surface area contributed by atoms with Gasteiger partial charge in [-0.05, 0) is 19.1 Å². The fraction of sp³-hybridized carbons (Fsp3) is 0.250. The smallest absolute Gasteiger partial charge is 0.197 e. The van der Waals surface area contributed by atoms with Crippen molar-refractivity contribution in [3.05, 3.63) is 40.6 Å². The maximum atomic E-state index is 11.7. The predicted molar refractivity (Wildman–Crippen MR) is 60.4 cm³/mol. The highest BCUT2D eigenvalue weighted by Crippen LogP contribution is 2.15. The monoisotopic (exact) mass is 203 g/mol. The van der Waals surface area contributed by atoms with Crippen LogP contribution in [0.2, 0.25) is 0 Å². The highest BCUT2D eigenvalue weighted by atomic mass is 16.5. The zero-order chi connectivity index (χ0) is 10.8. The van der Waals surface area contributed by atoms with Crippen LogP contribution in [-0.2, 0) is 7.05 Å². The molecule has 15 heavy (non-hydrogen) atoms. The molecule has 3 heteroatoms. The van der Waals surface area contributed by atoms with E-state index in [9.17, 15) is 4.79 Å². The van der Waals surface area contributed by atoms with Gasteiger partial charge in [-0.2, -0.15) is 0 Å². The molecular formula is C12H13NO2. The first-order valence-corrected chi connectivity index (χ1v) is 4.95. The van der Waals surface area contributed by atoms with Crippen LogP contribution in [0.15, 0.2) is 35.1 Å². The molecule has 0 aliphatic carbocycles. The Labute approximate surface area is 87.9 Å². The second-order valence-electron chi connectivity index (χ2n) is 3.36. The van der Waals surface area contributed by atoms with Crippen LogP contribution in [0.3, 0.4) is 0 Å². The van der Waals surface area contributed by atoms with E-state index in [1.807, 2.05) is 42.8 Å². The number of aryl methyl sites for hydroxylation is 1. The van der Waals surface area contributed by atoms with Gasteiger partial charge in [-0.3, -0.25) is 4.79 Å². The van der Waals surface area contributed by atoms with Crippen molar-refractivity contribution in [2.75, 3.05) is 6.61 Å². The van der Waals surface area contributed by atoms with Crippen molar-refractivity contribution >= 4 is 10.9 Å². The van der Waals surface area contributed by atoms with E-state index in [2.05, 4.69) is 0 Å². The first-order chi connectivity index (χ1) is 7.24. The van der Waals surface area contributed by atoms with Gasteiger partial charge in [0.15, 0.2) is 11.3 Å². The Morgan fingerprint density at radius 2 is 2.07 bits per heavy atom. The molecule has 0 unspecified atom stereocenters. The normalized spacial score (nSPS) is 10.5. The predicted octanol–water partition coefficient (Wildman–Crippen LogP) is 1.94. The van der Waals surface area contributed by atoms with Crippen LogP contribution in [0.4, 0.5) is 0 Å². The maximum Gasteiger partial charge on any atom is 0.197 e. The minimum atomic E-state index is 0.00662. The lowest BCUT2D eigenvalue weighted by atomic mass is 10.2. The molecule has 1 aromatic heterocycles. The molecule has 2 aromatic rings. The van der Waals surface area contributed by atoms with Crippen molar-refractivity contribution in [3.63, 3.8) is 0 Å². The molecule has 0 spiro atoms. The minimum Gasteiger partial charge on any atom is -0.479 e. The van der Waals surface area contributed by atoms with Crippen molar-refractivity contribution in [2.24, 2.45) is 7.05 Å². The molecule has 2 rings (SSSR count). The number of pyridine rings is 1. The van der Waals surface area contributed by atoms with Crippen molar-refractivity contribution in [1.29, 1.82) is 0 Å². The van der Waals surface area contributed by atoms with E-state index in [1.165, 1.54) is 6.07 Å². The first kappa shape index (κ1) is 9.77. The zero-order valence-electron chi connectivity index (χ0n) is 8.86. The number of nitrogens with zero attached hydrogens (tertiary/aromatic N) is 1.